The van der Waals surface area contributed by atoms with Gasteiger partial charge in [-0.25, -0.2) is 0 Å². The standard InChI is InChI=1S/C15H27ClO2/c1-4-15(5-2)13(16)10-14(15)18-12-8-6-7-11(9-12)17-3/h11-14H,4-10H2,1-3H3. The van der Waals surface area contributed by atoms with Gasteiger partial charge in [-0.15, -0.1) is 11.6 Å². The van der Waals surface area contributed by atoms with E-state index in [1.54, 1.807) is 0 Å². The molecule has 0 aromatic rings. The van der Waals surface area contributed by atoms with Crippen LogP contribution in [0.25, 0.3) is 0 Å². The molecule has 3 heteroatoms. The van der Waals surface area contributed by atoms with Crippen molar-refractivity contribution in [3.63, 3.8) is 0 Å². The molecule has 4 atom stereocenters. The first-order valence-corrected chi connectivity index (χ1v) is 7.92. The maximum absolute atomic E-state index is 6.44. The lowest BCUT2D eigenvalue weighted by atomic mass is 9.62. The third kappa shape index (κ3) is 2.57. The molecular weight excluding hydrogens is 248 g/mol. The molecular formula is C15H27ClO2. The van der Waals surface area contributed by atoms with E-state index in [0.717, 1.165) is 25.7 Å². The van der Waals surface area contributed by atoms with Gasteiger partial charge in [0.25, 0.3) is 0 Å². The molecule has 0 spiro atoms. The highest BCUT2D eigenvalue weighted by atomic mass is 35.5. The Labute approximate surface area is 116 Å². The maximum atomic E-state index is 6.44. The van der Waals surface area contributed by atoms with Crippen LogP contribution >= 0.6 is 11.6 Å². The molecule has 2 rings (SSSR count). The molecule has 2 fully saturated rings. The topological polar surface area (TPSA) is 18.5 Å². The van der Waals surface area contributed by atoms with Crippen LogP contribution in [0.4, 0.5) is 0 Å². The van der Waals surface area contributed by atoms with Gasteiger partial charge in [-0.1, -0.05) is 13.8 Å². The molecule has 2 aliphatic rings. The lowest BCUT2D eigenvalue weighted by Crippen LogP contribution is -2.56. The van der Waals surface area contributed by atoms with Crippen LogP contribution in [0.2, 0.25) is 0 Å². The Bertz CT molecular complexity index is 265. The quantitative estimate of drug-likeness (QED) is 0.702. The maximum Gasteiger partial charge on any atom is 0.0663 e. The molecule has 0 heterocycles. The molecule has 106 valence electrons. The van der Waals surface area contributed by atoms with Crippen molar-refractivity contribution < 1.29 is 9.47 Å². The molecule has 2 aliphatic carbocycles. The summed E-state index contributed by atoms with van der Waals surface area (Å²) in [7, 11) is 1.81. The van der Waals surface area contributed by atoms with Gasteiger partial charge < -0.3 is 9.47 Å². The van der Waals surface area contributed by atoms with Crippen molar-refractivity contribution in [3.8, 4) is 0 Å². The molecule has 18 heavy (non-hydrogen) atoms. The van der Waals surface area contributed by atoms with Gasteiger partial charge in [0.15, 0.2) is 0 Å². The lowest BCUT2D eigenvalue weighted by molar-refractivity contribution is -0.159. The van der Waals surface area contributed by atoms with Crippen molar-refractivity contribution in [1.29, 1.82) is 0 Å². The third-order valence-electron chi connectivity index (χ3n) is 5.27. The van der Waals surface area contributed by atoms with Crippen molar-refractivity contribution in [2.75, 3.05) is 7.11 Å². The average Bonchev–Trinajstić information content (AvgIpc) is 2.40. The van der Waals surface area contributed by atoms with Gasteiger partial charge in [-0.3, -0.25) is 0 Å². The largest absolute Gasteiger partial charge is 0.381 e. The minimum absolute atomic E-state index is 0.224. The highest BCUT2D eigenvalue weighted by Gasteiger charge is 2.53. The number of hydrogen-bond donors (Lipinski definition) is 0. The van der Waals surface area contributed by atoms with Gasteiger partial charge in [0.05, 0.1) is 18.3 Å². The molecule has 0 aromatic heterocycles. The van der Waals surface area contributed by atoms with Crippen LogP contribution in [0.3, 0.4) is 0 Å². The van der Waals surface area contributed by atoms with Crippen LogP contribution in [0.15, 0.2) is 0 Å². The zero-order valence-electron chi connectivity index (χ0n) is 12.0. The summed E-state index contributed by atoms with van der Waals surface area (Å²) < 4.78 is 11.8. The first-order valence-electron chi connectivity index (χ1n) is 7.48. The van der Waals surface area contributed by atoms with Crippen molar-refractivity contribution in [3.05, 3.63) is 0 Å². The average molecular weight is 275 g/mol. The summed E-state index contributed by atoms with van der Waals surface area (Å²) in [5.41, 5.74) is 0.224. The van der Waals surface area contributed by atoms with Crippen LogP contribution in [0.1, 0.15) is 58.8 Å². The van der Waals surface area contributed by atoms with E-state index < -0.39 is 0 Å². The zero-order chi connectivity index (χ0) is 13.2. The van der Waals surface area contributed by atoms with Crippen LogP contribution in [-0.4, -0.2) is 30.8 Å². The van der Waals surface area contributed by atoms with E-state index in [-0.39, 0.29) is 5.41 Å². The Morgan fingerprint density at radius 1 is 1.11 bits per heavy atom. The van der Waals surface area contributed by atoms with Crippen LogP contribution in [0.5, 0.6) is 0 Å². The second-order valence-corrected chi connectivity index (χ2v) is 6.44. The molecule has 2 saturated carbocycles. The summed E-state index contributed by atoms with van der Waals surface area (Å²) in [5.74, 6) is 0. The first-order chi connectivity index (χ1) is 8.66. The summed E-state index contributed by atoms with van der Waals surface area (Å²) in [6, 6.07) is 0. The second-order valence-electron chi connectivity index (χ2n) is 5.91. The van der Waals surface area contributed by atoms with E-state index in [2.05, 4.69) is 13.8 Å². The Hall–Kier alpha value is 0.210. The molecule has 0 bridgehead atoms. The Kier molecular flexibility index (Phi) is 4.96. The van der Waals surface area contributed by atoms with E-state index >= 15 is 0 Å². The number of methoxy groups -OCH3 is 1. The SMILES string of the molecule is CCC1(CC)C(Cl)CC1OC1CCCC(OC)C1. The fraction of sp³-hybridized carbons (Fsp3) is 1.00. The minimum atomic E-state index is 0.224. The zero-order valence-corrected chi connectivity index (χ0v) is 12.7. The predicted molar refractivity (Wildman–Crippen MR) is 75.2 cm³/mol. The van der Waals surface area contributed by atoms with E-state index in [9.17, 15) is 0 Å². The Morgan fingerprint density at radius 3 is 2.33 bits per heavy atom. The van der Waals surface area contributed by atoms with Gasteiger partial charge in [-0.2, -0.15) is 0 Å². The highest BCUT2D eigenvalue weighted by molar-refractivity contribution is 6.21. The fourth-order valence-corrected chi connectivity index (χ4v) is 4.32. The molecule has 2 nitrogen and oxygen atoms in total. The van der Waals surface area contributed by atoms with Crippen molar-refractivity contribution >= 4 is 11.6 Å². The first kappa shape index (κ1) is 14.6. The second kappa shape index (κ2) is 6.11. The van der Waals surface area contributed by atoms with Crippen molar-refractivity contribution in [1.82, 2.24) is 0 Å². The Morgan fingerprint density at radius 2 is 1.78 bits per heavy atom. The Balaban J connectivity index is 1.89. The lowest BCUT2D eigenvalue weighted by Gasteiger charge is -2.54. The van der Waals surface area contributed by atoms with Gasteiger partial charge in [-0.05, 0) is 44.9 Å². The van der Waals surface area contributed by atoms with Crippen LogP contribution in [0, 0.1) is 5.41 Å². The van der Waals surface area contributed by atoms with Gasteiger partial charge in [0, 0.05) is 17.9 Å². The number of halogens is 1. The van der Waals surface area contributed by atoms with Crippen molar-refractivity contribution in [2.24, 2.45) is 5.41 Å². The number of ether oxygens (including phenoxy) is 2. The highest BCUT2D eigenvalue weighted by Crippen LogP contribution is 2.52. The molecule has 0 amide bonds. The minimum Gasteiger partial charge on any atom is -0.381 e. The summed E-state index contributed by atoms with van der Waals surface area (Å²) in [5, 5.41) is 0.305. The van der Waals surface area contributed by atoms with Crippen LogP contribution in [-0.2, 0) is 9.47 Å². The smallest absolute Gasteiger partial charge is 0.0663 e. The third-order valence-corrected chi connectivity index (χ3v) is 5.88. The number of alkyl halides is 1. The molecule has 0 aliphatic heterocycles. The van der Waals surface area contributed by atoms with E-state index in [0.29, 0.717) is 23.7 Å². The molecule has 4 unspecified atom stereocenters. The van der Waals surface area contributed by atoms with E-state index in [4.69, 9.17) is 21.1 Å². The fourth-order valence-electron chi connectivity index (χ4n) is 3.71. The summed E-state index contributed by atoms with van der Waals surface area (Å²) in [6.45, 7) is 4.49. The van der Waals surface area contributed by atoms with Gasteiger partial charge in [0.2, 0.25) is 0 Å². The normalized spacial score (nSPS) is 39.3. The number of hydrogen-bond acceptors (Lipinski definition) is 2. The van der Waals surface area contributed by atoms with E-state index in [1.165, 1.54) is 19.3 Å². The van der Waals surface area contributed by atoms with Crippen LogP contribution < -0.4 is 0 Å². The molecule has 0 aromatic carbocycles. The molecule has 0 saturated heterocycles. The van der Waals surface area contributed by atoms with E-state index in [1.807, 2.05) is 7.11 Å². The summed E-state index contributed by atoms with van der Waals surface area (Å²) >= 11 is 6.44. The van der Waals surface area contributed by atoms with Gasteiger partial charge >= 0.3 is 0 Å². The number of rotatable bonds is 5. The molecule has 0 N–H and O–H groups in total. The predicted octanol–water partition coefficient (Wildman–Crippen LogP) is 4.15. The monoisotopic (exact) mass is 274 g/mol. The van der Waals surface area contributed by atoms with Gasteiger partial charge in [0.1, 0.15) is 0 Å². The summed E-state index contributed by atoms with van der Waals surface area (Å²) in [4.78, 5) is 0. The summed E-state index contributed by atoms with van der Waals surface area (Å²) in [6.07, 6.45) is 9.09. The molecule has 0 radical (unpaired) electrons. The van der Waals surface area contributed by atoms with Crippen molar-refractivity contribution in [2.45, 2.75) is 82.5 Å².